The lowest BCUT2D eigenvalue weighted by Crippen LogP contribution is -2.44. The van der Waals surface area contributed by atoms with Gasteiger partial charge in [0.15, 0.2) is 0 Å². The molecule has 106 valence electrons. The molecule has 0 aromatic carbocycles. The summed E-state index contributed by atoms with van der Waals surface area (Å²) in [5.74, 6) is 0.460. The van der Waals surface area contributed by atoms with Gasteiger partial charge in [-0.05, 0) is 32.2 Å². The Hall–Kier alpha value is -1.36. The lowest BCUT2D eigenvalue weighted by atomic mass is 9.91. The molecular weight excluding hydrogens is 240 g/mol. The molecule has 5 nitrogen and oxygen atoms in total. The first-order valence-electron chi connectivity index (χ1n) is 7.07. The first-order chi connectivity index (χ1) is 8.99. The summed E-state index contributed by atoms with van der Waals surface area (Å²) in [6, 6.07) is 0.243. The van der Waals surface area contributed by atoms with Crippen molar-refractivity contribution in [2.24, 2.45) is 13.0 Å². The Morgan fingerprint density at radius 2 is 2.32 bits per heavy atom. The van der Waals surface area contributed by atoms with Gasteiger partial charge in [-0.1, -0.05) is 13.8 Å². The van der Waals surface area contributed by atoms with E-state index in [1.807, 2.05) is 13.2 Å². The van der Waals surface area contributed by atoms with Gasteiger partial charge in [0.25, 0.3) is 0 Å². The summed E-state index contributed by atoms with van der Waals surface area (Å²) in [7, 11) is 1.88. The van der Waals surface area contributed by atoms with Gasteiger partial charge >= 0.3 is 0 Å². The molecule has 0 bridgehead atoms. The van der Waals surface area contributed by atoms with Gasteiger partial charge in [0.2, 0.25) is 5.91 Å². The number of hydrogen-bond acceptors (Lipinski definition) is 3. The maximum absolute atomic E-state index is 12.4. The van der Waals surface area contributed by atoms with Crippen molar-refractivity contribution in [3.8, 4) is 0 Å². The van der Waals surface area contributed by atoms with Crippen molar-refractivity contribution in [2.45, 2.75) is 45.6 Å². The second-order valence-corrected chi connectivity index (χ2v) is 5.74. The minimum atomic E-state index is 0.0500. The summed E-state index contributed by atoms with van der Waals surface area (Å²) in [5.41, 5.74) is 1.80. The zero-order chi connectivity index (χ0) is 14.0. The van der Waals surface area contributed by atoms with E-state index in [2.05, 4.69) is 36.5 Å². The van der Waals surface area contributed by atoms with E-state index in [-0.39, 0.29) is 17.9 Å². The molecule has 1 fully saturated rings. The Bertz CT molecular complexity index is 452. The summed E-state index contributed by atoms with van der Waals surface area (Å²) < 4.78 is 1.76. The number of rotatable bonds is 3. The van der Waals surface area contributed by atoms with Gasteiger partial charge in [-0.15, -0.1) is 0 Å². The Balaban J connectivity index is 2.10. The molecule has 2 heterocycles. The lowest BCUT2D eigenvalue weighted by molar-refractivity contribution is -0.121. The van der Waals surface area contributed by atoms with Gasteiger partial charge in [-0.3, -0.25) is 9.48 Å². The fourth-order valence-corrected chi connectivity index (χ4v) is 2.66. The van der Waals surface area contributed by atoms with Crippen LogP contribution in [-0.2, 0) is 11.8 Å². The van der Waals surface area contributed by atoms with E-state index in [9.17, 15) is 4.79 Å². The van der Waals surface area contributed by atoms with E-state index in [1.165, 1.54) is 0 Å². The number of piperidine rings is 1. The maximum atomic E-state index is 12.4. The Labute approximate surface area is 114 Å². The topological polar surface area (TPSA) is 59.0 Å². The molecule has 5 heteroatoms. The monoisotopic (exact) mass is 264 g/mol. The number of amides is 1. The SMILES string of the molecule is CC(C)c1nn(C)cc1NC(=O)C1CCCNC1C. The molecule has 2 atom stereocenters. The highest BCUT2D eigenvalue weighted by Crippen LogP contribution is 2.24. The van der Waals surface area contributed by atoms with E-state index in [1.54, 1.807) is 4.68 Å². The van der Waals surface area contributed by atoms with E-state index in [0.29, 0.717) is 5.92 Å². The van der Waals surface area contributed by atoms with Crippen LogP contribution in [0.1, 0.15) is 45.2 Å². The number of anilines is 1. The third kappa shape index (κ3) is 3.15. The molecule has 2 unspecified atom stereocenters. The van der Waals surface area contributed by atoms with Crippen LogP contribution in [0.15, 0.2) is 6.20 Å². The molecule has 1 amide bonds. The minimum absolute atomic E-state index is 0.0500. The number of aromatic nitrogens is 2. The number of carbonyl (C=O) groups is 1. The Morgan fingerprint density at radius 3 is 2.95 bits per heavy atom. The van der Waals surface area contributed by atoms with Crippen molar-refractivity contribution in [1.82, 2.24) is 15.1 Å². The van der Waals surface area contributed by atoms with Crippen LogP contribution in [0.4, 0.5) is 5.69 Å². The highest BCUT2D eigenvalue weighted by molar-refractivity contribution is 5.93. The average Bonchev–Trinajstić information content (AvgIpc) is 2.70. The minimum Gasteiger partial charge on any atom is -0.323 e. The number of hydrogen-bond donors (Lipinski definition) is 2. The summed E-state index contributed by atoms with van der Waals surface area (Å²) >= 11 is 0. The van der Waals surface area contributed by atoms with Crippen LogP contribution in [0, 0.1) is 5.92 Å². The highest BCUT2D eigenvalue weighted by atomic mass is 16.1. The molecule has 1 aromatic heterocycles. The van der Waals surface area contributed by atoms with E-state index in [4.69, 9.17) is 0 Å². The first kappa shape index (κ1) is 14.1. The van der Waals surface area contributed by atoms with Crippen LogP contribution in [-0.4, -0.2) is 28.3 Å². The lowest BCUT2D eigenvalue weighted by Gasteiger charge is -2.28. The fraction of sp³-hybridized carbons (Fsp3) is 0.714. The molecule has 0 saturated carbocycles. The van der Waals surface area contributed by atoms with Gasteiger partial charge in [0.05, 0.1) is 17.3 Å². The predicted molar refractivity (Wildman–Crippen MR) is 76.1 cm³/mol. The molecular formula is C14H24N4O. The zero-order valence-corrected chi connectivity index (χ0v) is 12.2. The normalized spacial score (nSPS) is 23.6. The molecule has 1 aromatic rings. The fourth-order valence-electron chi connectivity index (χ4n) is 2.66. The van der Waals surface area contributed by atoms with Gasteiger partial charge < -0.3 is 10.6 Å². The predicted octanol–water partition coefficient (Wildman–Crippen LogP) is 1.87. The molecule has 1 saturated heterocycles. The molecule has 2 N–H and O–H groups in total. The number of nitrogens with one attached hydrogen (secondary N) is 2. The van der Waals surface area contributed by atoms with Gasteiger partial charge in [-0.2, -0.15) is 5.10 Å². The standard InChI is InChI=1S/C14H24N4O/c1-9(2)13-12(8-18(4)17-13)16-14(19)11-6-5-7-15-10(11)3/h8-11,15H,5-7H2,1-4H3,(H,16,19). The van der Waals surface area contributed by atoms with Crippen LogP contribution in [0.25, 0.3) is 0 Å². The quantitative estimate of drug-likeness (QED) is 0.876. The zero-order valence-electron chi connectivity index (χ0n) is 12.2. The molecule has 0 radical (unpaired) electrons. The third-order valence-electron chi connectivity index (χ3n) is 3.76. The molecule has 19 heavy (non-hydrogen) atoms. The summed E-state index contributed by atoms with van der Waals surface area (Å²) in [6.07, 6.45) is 3.90. The molecule has 2 rings (SSSR count). The van der Waals surface area contributed by atoms with Crippen molar-refractivity contribution in [3.63, 3.8) is 0 Å². The first-order valence-corrected chi connectivity index (χ1v) is 7.07. The van der Waals surface area contributed by atoms with Gasteiger partial charge in [0.1, 0.15) is 0 Å². The van der Waals surface area contributed by atoms with Crippen LogP contribution in [0.5, 0.6) is 0 Å². The van der Waals surface area contributed by atoms with Crippen LogP contribution in [0.2, 0.25) is 0 Å². The largest absolute Gasteiger partial charge is 0.323 e. The van der Waals surface area contributed by atoms with Crippen molar-refractivity contribution in [3.05, 3.63) is 11.9 Å². The maximum Gasteiger partial charge on any atom is 0.229 e. The Morgan fingerprint density at radius 1 is 1.58 bits per heavy atom. The number of nitrogens with zero attached hydrogens (tertiary/aromatic N) is 2. The van der Waals surface area contributed by atoms with Crippen LogP contribution in [0.3, 0.4) is 0 Å². The smallest absolute Gasteiger partial charge is 0.229 e. The van der Waals surface area contributed by atoms with Crippen molar-refractivity contribution < 1.29 is 4.79 Å². The van der Waals surface area contributed by atoms with Crippen LogP contribution >= 0.6 is 0 Å². The molecule has 1 aliphatic heterocycles. The third-order valence-corrected chi connectivity index (χ3v) is 3.76. The van der Waals surface area contributed by atoms with E-state index in [0.717, 1.165) is 30.8 Å². The highest BCUT2D eigenvalue weighted by Gasteiger charge is 2.28. The average molecular weight is 264 g/mol. The van der Waals surface area contributed by atoms with E-state index < -0.39 is 0 Å². The summed E-state index contributed by atoms with van der Waals surface area (Å²) in [6.45, 7) is 7.26. The molecule has 0 aliphatic carbocycles. The summed E-state index contributed by atoms with van der Waals surface area (Å²) in [5, 5.41) is 10.8. The second kappa shape index (κ2) is 5.74. The Kier molecular flexibility index (Phi) is 4.24. The van der Waals surface area contributed by atoms with Crippen molar-refractivity contribution in [2.75, 3.05) is 11.9 Å². The van der Waals surface area contributed by atoms with Gasteiger partial charge in [-0.25, -0.2) is 0 Å². The van der Waals surface area contributed by atoms with Gasteiger partial charge in [0, 0.05) is 19.3 Å². The van der Waals surface area contributed by atoms with E-state index >= 15 is 0 Å². The van der Waals surface area contributed by atoms with Crippen LogP contribution < -0.4 is 10.6 Å². The van der Waals surface area contributed by atoms with Crippen molar-refractivity contribution in [1.29, 1.82) is 0 Å². The van der Waals surface area contributed by atoms with Crippen molar-refractivity contribution >= 4 is 11.6 Å². The second-order valence-electron chi connectivity index (χ2n) is 5.74. The summed E-state index contributed by atoms with van der Waals surface area (Å²) in [4.78, 5) is 12.4. The molecule has 1 aliphatic rings. The molecule has 0 spiro atoms. The number of carbonyl (C=O) groups excluding carboxylic acids is 1. The number of aryl methyl sites for hydroxylation is 1.